The maximum atomic E-state index is 9.29. The summed E-state index contributed by atoms with van der Waals surface area (Å²) in [6.45, 7) is 2.26. The first-order chi connectivity index (χ1) is 6.65. The number of para-hydroxylation sites is 1. The second-order valence-corrected chi connectivity index (χ2v) is 4.25. The lowest BCUT2D eigenvalue weighted by molar-refractivity contribution is 0.208. The van der Waals surface area contributed by atoms with Crippen LogP contribution in [0.1, 0.15) is 5.56 Å². The molecule has 1 atom stereocenters. The van der Waals surface area contributed by atoms with Crippen molar-refractivity contribution in [3.05, 3.63) is 23.8 Å². The average molecular weight is 212 g/mol. The number of aryl methyl sites for hydroxylation is 1. The molecule has 0 amide bonds. The van der Waals surface area contributed by atoms with Gasteiger partial charge in [0.1, 0.15) is 0 Å². The first-order valence-electron chi connectivity index (χ1n) is 4.51. The molecule has 78 valence electrons. The van der Waals surface area contributed by atoms with E-state index in [1.54, 1.807) is 0 Å². The number of benzene rings is 1. The topological polar surface area (TPSA) is 72.3 Å². The molecule has 0 aliphatic rings. The van der Waals surface area contributed by atoms with Crippen LogP contribution < -0.4 is 11.5 Å². The molecule has 0 fully saturated rings. The Kier molecular flexibility index (Phi) is 4.25. The summed E-state index contributed by atoms with van der Waals surface area (Å²) in [5.74, 6) is 0.587. The van der Waals surface area contributed by atoms with Crippen molar-refractivity contribution in [1.29, 1.82) is 0 Å². The third kappa shape index (κ3) is 2.90. The number of hydrogen-bond acceptors (Lipinski definition) is 4. The number of nitrogen functional groups attached to an aromatic ring is 1. The van der Waals surface area contributed by atoms with Gasteiger partial charge in [-0.15, -0.1) is 11.8 Å². The lowest BCUT2D eigenvalue weighted by Crippen LogP contribution is -2.21. The van der Waals surface area contributed by atoms with Crippen LogP contribution in [0.4, 0.5) is 5.69 Å². The maximum Gasteiger partial charge on any atom is 0.0756 e. The number of nitrogens with two attached hydrogens (primary N) is 2. The molecule has 3 nitrogen and oxygen atoms in total. The van der Waals surface area contributed by atoms with E-state index in [0.29, 0.717) is 12.3 Å². The molecule has 1 rings (SSSR count). The summed E-state index contributed by atoms with van der Waals surface area (Å²) in [6.07, 6.45) is -0.458. The standard InChI is InChI=1S/C10H16N2OS/c1-7-3-2-4-9(10(7)12)14-6-8(13)5-11/h2-4,8,13H,5-6,11-12H2,1H3. The molecular weight excluding hydrogens is 196 g/mol. The Bertz CT molecular complexity index is 304. The fraction of sp³-hybridized carbons (Fsp3) is 0.400. The summed E-state index contributed by atoms with van der Waals surface area (Å²) in [5, 5.41) is 9.29. The minimum Gasteiger partial charge on any atom is -0.398 e. The summed E-state index contributed by atoms with van der Waals surface area (Å²) in [5.41, 5.74) is 13.0. The number of thioether (sulfide) groups is 1. The normalized spacial score (nSPS) is 12.8. The van der Waals surface area contributed by atoms with Crippen LogP contribution in [0.15, 0.2) is 23.1 Å². The van der Waals surface area contributed by atoms with Gasteiger partial charge < -0.3 is 16.6 Å². The van der Waals surface area contributed by atoms with E-state index in [2.05, 4.69) is 0 Å². The molecule has 4 heteroatoms. The van der Waals surface area contributed by atoms with Crippen LogP contribution in [-0.2, 0) is 0 Å². The average Bonchev–Trinajstić information content (AvgIpc) is 2.20. The van der Waals surface area contributed by atoms with Crippen molar-refractivity contribution >= 4 is 17.4 Å². The second-order valence-electron chi connectivity index (χ2n) is 3.19. The van der Waals surface area contributed by atoms with Crippen LogP contribution in [0.5, 0.6) is 0 Å². The highest BCUT2D eigenvalue weighted by molar-refractivity contribution is 7.99. The molecule has 0 radical (unpaired) electrons. The van der Waals surface area contributed by atoms with E-state index in [1.165, 1.54) is 11.8 Å². The molecule has 1 aromatic carbocycles. The van der Waals surface area contributed by atoms with E-state index in [1.807, 2.05) is 25.1 Å². The predicted molar refractivity (Wildman–Crippen MR) is 61.4 cm³/mol. The SMILES string of the molecule is Cc1cccc(SCC(O)CN)c1N. The lowest BCUT2D eigenvalue weighted by atomic mass is 10.2. The van der Waals surface area contributed by atoms with Gasteiger partial charge in [0.2, 0.25) is 0 Å². The van der Waals surface area contributed by atoms with E-state index in [4.69, 9.17) is 11.5 Å². The Labute approximate surface area is 88.5 Å². The molecular formula is C10H16N2OS. The van der Waals surface area contributed by atoms with Gasteiger partial charge in [0.15, 0.2) is 0 Å². The number of aliphatic hydroxyl groups excluding tert-OH is 1. The van der Waals surface area contributed by atoms with E-state index in [-0.39, 0.29) is 0 Å². The van der Waals surface area contributed by atoms with E-state index < -0.39 is 6.10 Å². The van der Waals surface area contributed by atoms with Crippen molar-refractivity contribution in [3.8, 4) is 0 Å². The Hall–Kier alpha value is -0.710. The van der Waals surface area contributed by atoms with Gasteiger partial charge in [0.05, 0.1) is 6.10 Å². The monoisotopic (exact) mass is 212 g/mol. The Morgan fingerprint density at radius 3 is 2.86 bits per heavy atom. The molecule has 5 N–H and O–H groups in total. The largest absolute Gasteiger partial charge is 0.398 e. The Morgan fingerprint density at radius 2 is 2.21 bits per heavy atom. The van der Waals surface area contributed by atoms with Gasteiger partial charge in [-0.3, -0.25) is 0 Å². The van der Waals surface area contributed by atoms with Gasteiger partial charge in [0.25, 0.3) is 0 Å². The Balaban J connectivity index is 2.63. The number of aliphatic hydroxyl groups is 1. The molecule has 14 heavy (non-hydrogen) atoms. The fourth-order valence-corrected chi connectivity index (χ4v) is 2.03. The molecule has 0 heterocycles. The van der Waals surface area contributed by atoms with Crippen LogP contribution in [0, 0.1) is 6.92 Å². The minimum absolute atomic E-state index is 0.290. The van der Waals surface area contributed by atoms with Crippen molar-refractivity contribution in [1.82, 2.24) is 0 Å². The van der Waals surface area contributed by atoms with Crippen LogP contribution in [0.25, 0.3) is 0 Å². The van der Waals surface area contributed by atoms with Crippen molar-refractivity contribution in [2.75, 3.05) is 18.0 Å². The van der Waals surface area contributed by atoms with Crippen LogP contribution in [0.3, 0.4) is 0 Å². The molecule has 0 aromatic heterocycles. The molecule has 0 saturated heterocycles. The second kappa shape index (κ2) is 5.24. The van der Waals surface area contributed by atoms with Crippen molar-refractivity contribution in [2.45, 2.75) is 17.9 Å². The van der Waals surface area contributed by atoms with Gasteiger partial charge in [-0.25, -0.2) is 0 Å². The quantitative estimate of drug-likeness (QED) is 0.514. The maximum absolute atomic E-state index is 9.29. The summed E-state index contributed by atoms with van der Waals surface area (Å²) < 4.78 is 0. The molecule has 0 spiro atoms. The first-order valence-corrected chi connectivity index (χ1v) is 5.49. The Morgan fingerprint density at radius 1 is 1.50 bits per heavy atom. The summed E-state index contributed by atoms with van der Waals surface area (Å²) >= 11 is 1.54. The zero-order chi connectivity index (χ0) is 10.6. The minimum atomic E-state index is -0.458. The molecule has 1 aromatic rings. The molecule has 0 bridgehead atoms. The fourth-order valence-electron chi connectivity index (χ4n) is 1.03. The summed E-state index contributed by atoms with van der Waals surface area (Å²) in [7, 11) is 0. The summed E-state index contributed by atoms with van der Waals surface area (Å²) in [4.78, 5) is 1.01. The van der Waals surface area contributed by atoms with E-state index >= 15 is 0 Å². The third-order valence-electron chi connectivity index (χ3n) is 1.99. The van der Waals surface area contributed by atoms with Crippen molar-refractivity contribution < 1.29 is 5.11 Å². The number of hydrogen-bond donors (Lipinski definition) is 3. The van der Waals surface area contributed by atoms with Crippen LogP contribution in [-0.4, -0.2) is 23.5 Å². The van der Waals surface area contributed by atoms with Gasteiger partial charge in [-0.05, 0) is 18.6 Å². The van der Waals surface area contributed by atoms with Gasteiger partial charge in [-0.2, -0.15) is 0 Å². The van der Waals surface area contributed by atoms with Crippen molar-refractivity contribution in [2.24, 2.45) is 5.73 Å². The lowest BCUT2D eigenvalue weighted by Gasteiger charge is -2.10. The zero-order valence-corrected chi connectivity index (χ0v) is 9.05. The number of anilines is 1. The molecule has 1 unspecified atom stereocenters. The van der Waals surface area contributed by atoms with Crippen LogP contribution in [0.2, 0.25) is 0 Å². The van der Waals surface area contributed by atoms with Gasteiger partial charge >= 0.3 is 0 Å². The smallest absolute Gasteiger partial charge is 0.0756 e. The number of rotatable bonds is 4. The van der Waals surface area contributed by atoms with Crippen LogP contribution >= 0.6 is 11.8 Å². The van der Waals surface area contributed by atoms with E-state index in [9.17, 15) is 5.11 Å². The molecule has 0 aliphatic carbocycles. The highest BCUT2D eigenvalue weighted by Gasteiger charge is 2.05. The zero-order valence-electron chi connectivity index (χ0n) is 8.23. The molecule has 0 aliphatic heterocycles. The first kappa shape index (κ1) is 11.4. The third-order valence-corrected chi connectivity index (χ3v) is 3.21. The highest BCUT2D eigenvalue weighted by atomic mass is 32.2. The predicted octanol–water partition coefficient (Wildman–Crippen LogP) is 0.989. The van der Waals surface area contributed by atoms with E-state index in [0.717, 1.165) is 16.1 Å². The van der Waals surface area contributed by atoms with Crippen molar-refractivity contribution in [3.63, 3.8) is 0 Å². The highest BCUT2D eigenvalue weighted by Crippen LogP contribution is 2.27. The van der Waals surface area contributed by atoms with Gasteiger partial charge in [0, 0.05) is 22.9 Å². The van der Waals surface area contributed by atoms with Gasteiger partial charge in [-0.1, -0.05) is 12.1 Å². The molecule has 0 saturated carbocycles. The summed E-state index contributed by atoms with van der Waals surface area (Å²) in [6, 6.07) is 5.89.